The van der Waals surface area contributed by atoms with E-state index in [1.807, 2.05) is 6.08 Å². The zero-order valence-electron chi connectivity index (χ0n) is 46.5. The Kier molecular flexibility index (Phi) is 21.5. The van der Waals surface area contributed by atoms with Gasteiger partial charge in [-0.25, -0.2) is 4.79 Å². The van der Waals surface area contributed by atoms with Gasteiger partial charge in [-0.3, -0.25) is 9.59 Å². The fourth-order valence-electron chi connectivity index (χ4n) is 10.5. The number of nitrogens with zero attached hydrogens (tertiary/aromatic N) is 1. The Morgan fingerprint density at radius 1 is 0.783 bits per heavy atom. The van der Waals surface area contributed by atoms with Crippen LogP contribution in [0.25, 0.3) is 0 Å². The number of esters is 1. The van der Waals surface area contributed by atoms with E-state index in [1.165, 1.54) is 0 Å². The summed E-state index contributed by atoms with van der Waals surface area (Å²) in [5, 5.41) is -0.0757. The average Bonchev–Trinajstić information content (AvgIpc) is 3.26. The molecule has 3 fully saturated rings. The van der Waals surface area contributed by atoms with Crippen molar-refractivity contribution in [3.8, 4) is 0 Å². The van der Waals surface area contributed by atoms with E-state index in [0.29, 0.717) is 38.0 Å². The first-order valence-electron chi connectivity index (χ1n) is 26.4. The van der Waals surface area contributed by atoms with E-state index in [0.717, 1.165) is 49.7 Å². The molecule has 1 saturated carbocycles. The number of allylic oxidation sites excluding steroid dienone is 5. The van der Waals surface area contributed by atoms with Crippen molar-refractivity contribution in [3.05, 3.63) is 47.8 Å². The monoisotopic (exact) mass is 1000 g/mol. The normalized spacial score (nSPS) is 35.3. The summed E-state index contributed by atoms with van der Waals surface area (Å²) in [5.74, 6) is -0.619. The molecule has 0 N–H and O–H groups in total. The smallest absolute Gasteiger partial charge is 0.329 e. The lowest BCUT2D eigenvalue weighted by Gasteiger charge is -2.44. The molecule has 3 aliphatic heterocycles. The Balaban J connectivity index is 1.86. The summed E-state index contributed by atoms with van der Waals surface area (Å²) in [6.45, 7) is 37.5. The van der Waals surface area contributed by atoms with E-state index >= 15 is 0 Å². The van der Waals surface area contributed by atoms with Gasteiger partial charge in [-0.15, -0.1) is 6.58 Å². The van der Waals surface area contributed by atoms with Crippen LogP contribution in [0.5, 0.6) is 0 Å². The molecule has 0 aromatic rings. The second kappa shape index (κ2) is 25.0. The molecule has 0 aromatic carbocycles. The number of Topliss-reactive ketones (excluding diaryl/α,β-unsaturated/α-hetero) is 1. The van der Waals surface area contributed by atoms with Gasteiger partial charge < -0.3 is 37.4 Å². The fourth-order valence-corrected chi connectivity index (χ4v) is 13.3. The molecule has 3 heterocycles. The second-order valence-electron chi connectivity index (χ2n) is 24.5. The molecule has 4 aliphatic rings. The number of amides is 1. The van der Waals surface area contributed by atoms with Crippen LogP contribution in [0, 0.1) is 29.6 Å². The van der Waals surface area contributed by atoms with E-state index < -0.39 is 58.8 Å². The van der Waals surface area contributed by atoms with Gasteiger partial charge in [-0.1, -0.05) is 86.1 Å². The summed E-state index contributed by atoms with van der Waals surface area (Å²) in [6.07, 6.45) is 12.8. The molecule has 0 spiro atoms. The molecule has 0 radical (unpaired) electrons. The predicted octanol–water partition coefficient (Wildman–Crippen LogP) is 12.3. The van der Waals surface area contributed by atoms with Crippen LogP contribution >= 0.6 is 0 Å². The SMILES string of the molecule is C=CC[C@@H]1/C=C(\C)C[C@H](C)C[C@H](OC)[C@H]2O/C(=C\C(=O)N3CCCC[C@H]3C(=O)O[C@H](/C(C)=C/[C@@H]3CC[C@@H](O[Si](C)(C)C(C)(C)C)[C@H](OC)C3)[C@H](C)[C@@H](O[Si](C)(C)C(C)(C)C)CC1=O)[C@H](C)C[C@@H]2OC. The minimum Gasteiger partial charge on any atom is -0.489 e. The maximum atomic E-state index is 15.0. The molecule has 0 unspecified atom stereocenters. The van der Waals surface area contributed by atoms with Crippen LogP contribution in [0.2, 0.25) is 36.3 Å². The zero-order valence-corrected chi connectivity index (χ0v) is 48.5. The number of hydrogen-bond donors (Lipinski definition) is 0. The highest BCUT2D eigenvalue weighted by Gasteiger charge is 2.46. The molecule has 0 aromatic heterocycles. The second-order valence-corrected chi connectivity index (χ2v) is 34.0. The maximum absolute atomic E-state index is 15.0. The number of ketones is 1. The summed E-state index contributed by atoms with van der Waals surface area (Å²) < 4.78 is 46.2. The minimum atomic E-state index is -2.49. The van der Waals surface area contributed by atoms with Gasteiger partial charge in [0.15, 0.2) is 22.7 Å². The van der Waals surface area contributed by atoms with E-state index in [9.17, 15) is 14.4 Å². The average molecular weight is 1000 g/mol. The van der Waals surface area contributed by atoms with Crippen LogP contribution in [-0.4, -0.2) is 116 Å². The van der Waals surface area contributed by atoms with Crippen LogP contribution in [0.3, 0.4) is 0 Å². The van der Waals surface area contributed by atoms with E-state index in [4.69, 9.17) is 32.5 Å². The highest BCUT2D eigenvalue weighted by atomic mass is 28.4. The molecule has 4 rings (SSSR count). The summed E-state index contributed by atoms with van der Waals surface area (Å²) >= 11 is 0. The third-order valence-electron chi connectivity index (χ3n) is 16.9. The van der Waals surface area contributed by atoms with Crippen LogP contribution in [0.4, 0.5) is 0 Å². The van der Waals surface area contributed by atoms with Gasteiger partial charge in [0.25, 0.3) is 5.91 Å². The van der Waals surface area contributed by atoms with Crippen LogP contribution in [0.15, 0.2) is 47.8 Å². The van der Waals surface area contributed by atoms with Crippen LogP contribution in [-0.2, 0) is 46.9 Å². The first-order chi connectivity index (χ1) is 32.1. The molecule has 13 atom stereocenters. The van der Waals surface area contributed by atoms with Crippen molar-refractivity contribution in [1.82, 2.24) is 4.90 Å². The van der Waals surface area contributed by atoms with Gasteiger partial charge in [0.1, 0.15) is 23.7 Å². The van der Waals surface area contributed by atoms with E-state index in [1.54, 1.807) is 32.3 Å². The van der Waals surface area contributed by atoms with Gasteiger partial charge >= 0.3 is 5.97 Å². The lowest BCUT2D eigenvalue weighted by Crippen LogP contribution is -2.51. The topological polar surface area (TPSA) is 119 Å². The number of hydrogen-bond acceptors (Lipinski definition) is 10. The molecule has 2 bridgehead atoms. The van der Waals surface area contributed by atoms with Gasteiger partial charge in [-0.2, -0.15) is 0 Å². The number of fused-ring (bicyclic) bond motifs is 3. The van der Waals surface area contributed by atoms with Crippen molar-refractivity contribution < 1.29 is 46.9 Å². The summed E-state index contributed by atoms with van der Waals surface area (Å²) in [7, 11) is 0.634. The van der Waals surface area contributed by atoms with Gasteiger partial charge in [0, 0.05) is 58.1 Å². The lowest BCUT2D eigenvalue weighted by atomic mass is 9.81. The number of piperidine rings is 1. The molecule has 1 aliphatic carbocycles. The lowest BCUT2D eigenvalue weighted by molar-refractivity contribution is -0.162. The number of carbonyl (C=O) groups excluding carboxylic acids is 3. The number of ether oxygens (including phenoxy) is 5. The van der Waals surface area contributed by atoms with E-state index in [2.05, 4.69) is 121 Å². The quantitative estimate of drug-likeness (QED) is 0.112. The predicted molar refractivity (Wildman–Crippen MR) is 283 cm³/mol. The van der Waals surface area contributed by atoms with Crippen LogP contribution in [0.1, 0.15) is 147 Å². The van der Waals surface area contributed by atoms with Gasteiger partial charge in [0.2, 0.25) is 0 Å². The molecular weight excluding hydrogens is 903 g/mol. The Labute approximate surface area is 421 Å². The minimum absolute atomic E-state index is 0.00469. The van der Waals surface area contributed by atoms with Crippen LogP contribution < -0.4 is 0 Å². The van der Waals surface area contributed by atoms with Gasteiger partial charge in [0.05, 0.1) is 30.5 Å². The Morgan fingerprint density at radius 2 is 1.38 bits per heavy atom. The molecule has 13 heteroatoms. The third-order valence-corrected chi connectivity index (χ3v) is 25.9. The molecule has 394 valence electrons. The largest absolute Gasteiger partial charge is 0.489 e. The van der Waals surface area contributed by atoms with E-state index in [-0.39, 0.29) is 70.4 Å². The Bertz CT molecular complexity index is 1830. The van der Waals surface area contributed by atoms with Crippen molar-refractivity contribution in [2.24, 2.45) is 29.6 Å². The molecule has 11 nitrogen and oxygen atoms in total. The third kappa shape index (κ3) is 15.6. The van der Waals surface area contributed by atoms with Crippen molar-refractivity contribution >= 4 is 34.3 Å². The number of cyclic esters (lactones) is 1. The maximum Gasteiger partial charge on any atom is 0.329 e. The number of carbonyl (C=O) groups is 3. The summed E-state index contributed by atoms with van der Waals surface area (Å²) in [4.78, 5) is 46.1. The highest BCUT2D eigenvalue weighted by Crippen LogP contribution is 2.43. The van der Waals surface area contributed by atoms with Gasteiger partial charge in [-0.05, 0) is 132 Å². The summed E-state index contributed by atoms with van der Waals surface area (Å²) in [6, 6.07) is -0.791. The van der Waals surface area contributed by atoms with Crippen molar-refractivity contribution in [3.63, 3.8) is 0 Å². The van der Waals surface area contributed by atoms with Crippen molar-refractivity contribution in [2.45, 2.75) is 232 Å². The first-order valence-corrected chi connectivity index (χ1v) is 32.2. The number of rotatable bonds is 11. The molecule has 69 heavy (non-hydrogen) atoms. The van der Waals surface area contributed by atoms with Crippen molar-refractivity contribution in [2.75, 3.05) is 27.9 Å². The molecular formula is C56H97NO10Si2. The highest BCUT2D eigenvalue weighted by molar-refractivity contribution is 6.74. The number of methoxy groups -OCH3 is 3. The Morgan fingerprint density at radius 3 is 1.96 bits per heavy atom. The Hall–Kier alpha value is -2.40. The first kappa shape index (κ1) is 59.2. The fraction of sp³-hybridized carbons (Fsp3) is 0.804. The standard InChI is InChI=1S/C56H97NO10Si2/c1-20-23-42-29-36(2)28-37(3)30-49(62-14)53-50(63-15)32-38(4)46(64-53)35-51(59)57-27-22-21-24-43(57)54(60)65-52(40(6)47(34-44(42)58)67-69(18,19)56(10,11)12)39(5)31-41-25-26-45(48(33-41)61-13)66-68(16,17)55(7,8)9/h20,29,31,35,37-38,40-43,45,47-50,52-53H,1,21-28,30,32-34H2,2-19H3/b36-29+,39-31+,46-35-/t37-,38+,40+,41-,42+,43-,45+,47-,48+,49-,50-,52+,53+/m0/s1. The molecule has 2 saturated heterocycles. The molecule has 1 amide bonds. The zero-order chi connectivity index (χ0) is 51.8. The van der Waals surface area contributed by atoms with Crippen molar-refractivity contribution in [1.29, 1.82) is 0 Å². The summed E-state index contributed by atoms with van der Waals surface area (Å²) in [5.41, 5.74) is 2.03.